The van der Waals surface area contributed by atoms with Crippen LogP contribution in [0.1, 0.15) is 22.8 Å². The van der Waals surface area contributed by atoms with Gasteiger partial charge >= 0.3 is 5.97 Å². The molecule has 0 bridgehead atoms. The van der Waals surface area contributed by atoms with Crippen LogP contribution in [-0.4, -0.2) is 22.5 Å². The van der Waals surface area contributed by atoms with Gasteiger partial charge in [0.25, 0.3) is 0 Å². The van der Waals surface area contributed by atoms with Crippen LogP contribution in [0.25, 0.3) is 22.2 Å². The van der Waals surface area contributed by atoms with Gasteiger partial charge in [-0.2, -0.15) is 0 Å². The fourth-order valence-corrected chi connectivity index (χ4v) is 2.62. The third-order valence-corrected chi connectivity index (χ3v) is 3.92. The maximum Gasteiger partial charge on any atom is 0.336 e. The van der Waals surface area contributed by atoms with Gasteiger partial charge < -0.3 is 10.4 Å². The fraction of sp³-hybridized carbons (Fsp3) is 0.105. The van der Waals surface area contributed by atoms with E-state index in [0.29, 0.717) is 28.7 Å². The Morgan fingerprint density at radius 1 is 1.17 bits per heavy atom. The van der Waals surface area contributed by atoms with Crippen LogP contribution in [0.15, 0.2) is 48.5 Å². The van der Waals surface area contributed by atoms with E-state index in [2.05, 4.69) is 10.3 Å². The van der Waals surface area contributed by atoms with Crippen LogP contribution in [0.3, 0.4) is 0 Å². The van der Waals surface area contributed by atoms with Gasteiger partial charge in [0.1, 0.15) is 0 Å². The van der Waals surface area contributed by atoms with Gasteiger partial charge in [-0.1, -0.05) is 25.1 Å². The van der Waals surface area contributed by atoms with Crippen molar-refractivity contribution in [3.8, 4) is 11.3 Å². The summed E-state index contributed by atoms with van der Waals surface area (Å²) >= 11 is 0. The van der Waals surface area contributed by atoms with Crippen molar-refractivity contribution in [2.24, 2.45) is 0 Å². The van der Waals surface area contributed by atoms with E-state index in [1.165, 1.54) is 0 Å². The first-order valence-electron chi connectivity index (χ1n) is 7.60. The number of pyridine rings is 1. The second-order valence-corrected chi connectivity index (χ2v) is 5.40. The number of nitrogens with zero attached hydrogens (tertiary/aromatic N) is 1. The summed E-state index contributed by atoms with van der Waals surface area (Å²) < 4.78 is 0. The number of amides is 1. The Labute approximate surface area is 139 Å². The largest absolute Gasteiger partial charge is 0.478 e. The molecular weight excluding hydrogens is 304 g/mol. The van der Waals surface area contributed by atoms with E-state index in [0.717, 1.165) is 17.5 Å². The monoisotopic (exact) mass is 320 g/mol. The summed E-state index contributed by atoms with van der Waals surface area (Å²) in [6.07, 6.45) is 1.44. The van der Waals surface area contributed by atoms with E-state index >= 15 is 0 Å². The number of hydrogen-bond donors (Lipinski definition) is 2. The maximum absolute atomic E-state index is 11.7. The molecule has 0 aliphatic rings. The van der Waals surface area contributed by atoms with Gasteiger partial charge in [-0.25, -0.2) is 9.78 Å². The highest BCUT2D eigenvalue weighted by Crippen LogP contribution is 2.26. The molecule has 5 heteroatoms. The molecule has 0 spiro atoms. The SMILES string of the molecule is CCc1ccc2nc(-c3ccc(NC=O)cc3)cc(C(=O)O)c2c1. The molecule has 1 amide bonds. The molecule has 1 aromatic heterocycles. The maximum atomic E-state index is 11.7. The summed E-state index contributed by atoms with van der Waals surface area (Å²) in [4.78, 5) is 26.7. The molecule has 5 nitrogen and oxygen atoms in total. The van der Waals surface area contributed by atoms with Crippen LogP contribution >= 0.6 is 0 Å². The highest BCUT2D eigenvalue weighted by Gasteiger charge is 2.13. The number of nitrogens with one attached hydrogen (secondary N) is 1. The van der Waals surface area contributed by atoms with Crippen molar-refractivity contribution in [1.29, 1.82) is 0 Å². The molecule has 1 heterocycles. The Kier molecular flexibility index (Phi) is 4.24. The number of hydrogen-bond acceptors (Lipinski definition) is 3. The van der Waals surface area contributed by atoms with Crippen molar-refractivity contribution in [2.75, 3.05) is 5.32 Å². The Bertz CT molecular complexity index is 918. The molecule has 0 radical (unpaired) electrons. The van der Waals surface area contributed by atoms with Gasteiger partial charge in [0.2, 0.25) is 6.41 Å². The number of aryl methyl sites for hydroxylation is 1. The molecule has 24 heavy (non-hydrogen) atoms. The molecule has 0 unspecified atom stereocenters. The standard InChI is InChI=1S/C19H16N2O3/c1-2-12-3-8-17-15(9-12)16(19(23)24)10-18(21-17)13-4-6-14(7-5-13)20-11-22/h3-11H,2H2,1H3,(H,20,22)(H,23,24). The van der Waals surface area contributed by atoms with Gasteiger partial charge in [0.15, 0.2) is 0 Å². The number of anilines is 1. The minimum atomic E-state index is -0.976. The summed E-state index contributed by atoms with van der Waals surface area (Å²) in [5, 5.41) is 12.8. The van der Waals surface area contributed by atoms with Crippen molar-refractivity contribution >= 4 is 29.0 Å². The Morgan fingerprint density at radius 2 is 1.92 bits per heavy atom. The molecule has 3 aromatic rings. The van der Waals surface area contributed by atoms with E-state index in [9.17, 15) is 14.7 Å². The second kappa shape index (κ2) is 6.50. The Hall–Kier alpha value is -3.21. The summed E-state index contributed by atoms with van der Waals surface area (Å²) in [5.41, 5.74) is 4.00. The molecule has 0 atom stereocenters. The zero-order chi connectivity index (χ0) is 17.1. The fourth-order valence-electron chi connectivity index (χ4n) is 2.62. The highest BCUT2D eigenvalue weighted by molar-refractivity contribution is 6.04. The molecule has 0 saturated heterocycles. The van der Waals surface area contributed by atoms with Crippen molar-refractivity contribution in [3.05, 3.63) is 59.7 Å². The summed E-state index contributed by atoms with van der Waals surface area (Å²) in [7, 11) is 0. The van der Waals surface area contributed by atoms with Gasteiger partial charge in [-0.15, -0.1) is 0 Å². The molecule has 0 saturated carbocycles. The van der Waals surface area contributed by atoms with Crippen LogP contribution in [-0.2, 0) is 11.2 Å². The normalized spacial score (nSPS) is 10.5. The lowest BCUT2D eigenvalue weighted by Crippen LogP contribution is -2.01. The number of aromatic carboxylic acids is 1. The van der Waals surface area contributed by atoms with Gasteiger partial charge in [0, 0.05) is 16.6 Å². The lowest BCUT2D eigenvalue weighted by atomic mass is 10.0. The molecule has 0 fully saturated rings. The topological polar surface area (TPSA) is 79.3 Å². The number of rotatable bonds is 5. The van der Waals surface area contributed by atoms with Crippen LogP contribution in [0.4, 0.5) is 5.69 Å². The first-order chi connectivity index (χ1) is 11.6. The number of carboxylic acids is 1. The first kappa shape index (κ1) is 15.7. The van der Waals surface area contributed by atoms with Crippen LogP contribution < -0.4 is 5.32 Å². The molecule has 2 aromatic carbocycles. The smallest absolute Gasteiger partial charge is 0.336 e. The van der Waals surface area contributed by atoms with Crippen molar-refractivity contribution in [2.45, 2.75) is 13.3 Å². The number of carbonyl (C=O) groups excluding carboxylic acids is 1. The van der Waals surface area contributed by atoms with E-state index < -0.39 is 5.97 Å². The number of carbonyl (C=O) groups is 2. The molecular formula is C19H16N2O3. The Balaban J connectivity index is 2.15. The van der Waals surface area contributed by atoms with Crippen LogP contribution in [0.5, 0.6) is 0 Å². The predicted octanol–water partition coefficient (Wildman–Crippen LogP) is 3.73. The van der Waals surface area contributed by atoms with Crippen LogP contribution in [0.2, 0.25) is 0 Å². The highest BCUT2D eigenvalue weighted by atomic mass is 16.4. The number of aromatic nitrogens is 1. The predicted molar refractivity (Wildman–Crippen MR) is 93.2 cm³/mol. The zero-order valence-electron chi connectivity index (χ0n) is 13.1. The van der Waals surface area contributed by atoms with Crippen LogP contribution in [0, 0.1) is 0 Å². The summed E-state index contributed by atoms with van der Waals surface area (Å²) in [6.45, 7) is 2.03. The number of carboxylic acid groups (broad SMARTS) is 1. The lowest BCUT2D eigenvalue weighted by molar-refractivity contribution is -0.105. The third-order valence-electron chi connectivity index (χ3n) is 3.92. The minimum Gasteiger partial charge on any atom is -0.478 e. The second-order valence-electron chi connectivity index (χ2n) is 5.40. The van der Waals surface area contributed by atoms with Gasteiger partial charge in [-0.05, 0) is 42.3 Å². The van der Waals surface area contributed by atoms with E-state index in [1.807, 2.05) is 25.1 Å². The van der Waals surface area contributed by atoms with Crippen molar-refractivity contribution < 1.29 is 14.7 Å². The average Bonchev–Trinajstić information content (AvgIpc) is 2.61. The quantitative estimate of drug-likeness (QED) is 0.702. The van der Waals surface area contributed by atoms with E-state index in [-0.39, 0.29) is 5.56 Å². The van der Waals surface area contributed by atoms with Gasteiger partial charge in [-0.3, -0.25) is 4.79 Å². The molecule has 120 valence electrons. The van der Waals surface area contributed by atoms with Gasteiger partial charge in [0.05, 0.1) is 16.8 Å². The molecule has 2 N–H and O–H groups in total. The number of benzene rings is 2. The Morgan fingerprint density at radius 3 is 2.54 bits per heavy atom. The van der Waals surface area contributed by atoms with E-state index in [4.69, 9.17) is 0 Å². The average molecular weight is 320 g/mol. The zero-order valence-corrected chi connectivity index (χ0v) is 13.1. The lowest BCUT2D eigenvalue weighted by Gasteiger charge is -2.09. The first-order valence-corrected chi connectivity index (χ1v) is 7.60. The van der Waals surface area contributed by atoms with Crippen molar-refractivity contribution in [3.63, 3.8) is 0 Å². The minimum absolute atomic E-state index is 0.236. The summed E-state index contributed by atoms with van der Waals surface area (Å²) in [5.74, 6) is -0.976. The molecule has 3 rings (SSSR count). The molecule has 0 aliphatic carbocycles. The van der Waals surface area contributed by atoms with Crippen molar-refractivity contribution in [1.82, 2.24) is 4.98 Å². The number of fused-ring (bicyclic) bond motifs is 1. The molecule has 0 aliphatic heterocycles. The summed E-state index contributed by atoms with van der Waals surface area (Å²) in [6, 6.07) is 14.4. The third kappa shape index (κ3) is 2.96. The van der Waals surface area contributed by atoms with E-state index in [1.54, 1.807) is 30.3 Å².